The summed E-state index contributed by atoms with van der Waals surface area (Å²) in [5.74, 6) is -2.86. The van der Waals surface area contributed by atoms with Gasteiger partial charge in [0.15, 0.2) is 0 Å². The predicted molar refractivity (Wildman–Crippen MR) is 102 cm³/mol. The van der Waals surface area contributed by atoms with E-state index in [9.17, 15) is 26.7 Å². The third kappa shape index (κ3) is 4.42. The zero-order valence-corrected chi connectivity index (χ0v) is 16.7. The van der Waals surface area contributed by atoms with Crippen molar-refractivity contribution in [1.29, 1.82) is 0 Å². The van der Waals surface area contributed by atoms with Crippen LogP contribution >= 0.6 is 0 Å². The smallest absolute Gasteiger partial charge is 0.344 e. The summed E-state index contributed by atoms with van der Waals surface area (Å²) in [7, 11) is 3.21. The Morgan fingerprint density at radius 2 is 2.07 bits per heavy atom. The molecule has 2 aromatic rings. The van der Waals surface area contributed by atoms with Gasteiger partial charge in [0.1, 0.15) is 12.5 Å². The van der Waals surface area contributed by atoms with Crippen LogP contribution in [-0.2, 0) is 12.7 Å². The van der Waals surface area contributed by atoms with Crippen LogP contribution in [0.3, 0.4) is 0 Å². The molecule has 3 rings (SSSR count). The molecular weight excluding hydrogens is 411 g/mol. The van der Waals surface area contributed by atoms with E-state index in [4.69, 9.17) is 0 Å². The number of alkyl halides is 5. The van der Waals surface area contributed by atoms with Gasteiger partial charge in [-0.1, -0.05) is 0 Å². The third-order valence-corrected chi connectivity index (χ3v) is 5.17. The van der Waals surface area contributed by atoms with Crippen molar-refractivity contribution >= 4 is 11.9 Å². The molecule has 1 aliphatic heterocycles. The summed E-state index contributed by atoms with van der Waals surface area (Å²) in [5.41, 5.74) is 0.746. The van der Waals surface area contributed by atoms with Crippen molar-refractivity contribution in [3.05, 3.63) is 40.1 Å². The largest absolute Gasteiger partial charge is 0.418 e. The highest BCUT2D eigenvalue weighted by atomic mass is 19.4. The van der Waals surface area contributed by atoms with Gasteiger partial charge in [0.2, 0.25) is 0 Å². The van der Waals surface area contributed by atoms with E-state index in [1.165, 1.54) is 22.0 Å². The van der Waals surface area contributed by atoms with Crippen LogP contribution in [0, 0.1) is 0 Å². The Bertz CT molecular complexity index is 995. The van der Waals surface area contributed by atoms with Crippen LogP contribution in [0.2, 0.25) is 0 Å². The SMILES string of the molecule is CN/N=C\N(C)C(C)n1cc2c(C(F)(F)F)cc(CN3CCC(F)(F)C3)cn2c1=O. The van der Waals surface area contributed by atoms with Crippen LogP contribution in [0.15, 0.2) is 28.4 Å². The minimum Gasteiger partial charge on any atom is -0.344 e. The van der Waals surface area contributed by atoms with Gasteiger partial charge in [-0.15, -0.1) is 0 Å². The van der Waals surface area contributed by atoms with Gasteiger partial charge in [0, 0.05) is 46.0 Å². The molecule has 1 unspecified atom stereocenters. The van der Waals surface area contributed by atoms with Crippen molar-refractivity contribution in [3.8, 4) is 0 Å². The second-order valence-electron chi connectivity index (χ2n) is 7.42. The standard InChI is InChI=1S/C18H23F5N6O/c1-12(26(3)11-25-24-2)28-9-15-14(18(21,22)23)6-13(8-29(15)16(28)30)7-27-5-4-17(19,20)10-27/h6,8-9,11-12,24H,4-5,7,10H2,1-3H3/b25-11-. The number of fused-ring (bicyclic) bond motifs is 1. The van der Waals surface area contributed by atoms with Gasteiger partial charge < -0.3 is 10.3 Å². The number of hydrogen-bond acceptors (Lipinski definition) is 4. The Morgan fingerprint density at radius 1 is 1.37 bits per heavy atom. The topological polar surface area (TPSA) is 57.3 Å². The van der Waals surface area contributed by atoms with Crippen LogP contribution in [-0.4, -0.2) is 58.2 Å². The molecule has 1 saturated heterocycles. The average molecular weight is 434 g/mol. The first kappa shape index (κ1) is 22.1. The van der Waals surface area contributed by atoms with E-state index in [2.05, 4.69) is 10.5 Å². The van der Waals surface area contributed by atoms with Gasteiger partial charge >= 0.3 is 11.9 Å². The maximum absolute atomic E-state index is 13.7. The molecule has 1 fully saturated rings. The highest BCUT2D eigenvalue weighted by Crippen LogP contribution is 2.34. The van der Waals surface area contributed by atoms with Gasteiger partial charge in [-0.05, 0) is 18.6 Å². The minimum atomic E-state index is -4.71. The normalized spacial score (nSPS) is 18.4. The molecular formula is C18H23F5N6O. The Hall–Kier alpha value is -2.63. The first-order valence-electron chi connectivity index (χ1n) is 9.28. The molecule has 30 heavy (non-hydrogen) atoms. The van der Waals surface area contributed by atoms with Gasteiger partial charge in [-0.2, -0.15) is 18.3 Å². The number of nitrogens with one attached hydrogen (secondary N) is 1. The summed E-state index contributed by atoms with van der Waals surface area (Å²) >= 11 is 0. The maximum atomic E-state index is 13.7. The van der Waals surface area contributed by atoms with E-state index >= 15 is 0 Å². The summed E-state index contributed by atoms with van der Waals surface area (Å²) in [6, 6.07) is 0.923. The quantitative estimate of drug-likeness (QED) is 0.329. The molecule has 1 N–H and O–H groups in total. The molecule has 1 atom stereocenters. The fourth-order valence-electron chi connectivity index (χ4n) is 3.49. The lowest BCUT2D eigenvalue weighted by Gasteiger charge is -2.22. The van der Waals surface area contributed by atoms with Crippen molar-refractivity contribution < 1.29 is 22.0 Å². The lowest BCUT2D eigenvalue weighted by Crippen LogP contribution is -2.33. The van der Waals surface area contributed by atoms with Crippen LogP contribution in [0.5, 0.6) is 0 Å². The van der Waals surface area contributed by atoms with Crippen LogP contribution < -0.4 is 11.1 Å². The number of likely N-dealkylation sites (tertiary alicyclic amines) is 1. The maximum Gasteiger partial charge on any atom is 0.418 e. The number of hydrazone groups is 1. The lowest BCUT2D eigenvalue weighted by molar-refractivity contribution is -0.136. The molecule has 0 aromatic carbocycles. The summed E-state index contributed by atoms with van der Waals surface area (Å²) in [6.07, 6.45) is -1.82. The van der Waals surface area contributed by atoms with Crippen molar-refractivity contribution in [2.24, 2.45) is 5.10 Å². The first-order valence-corrected chi connectivity index (χ1v) is 9.28. The Balaban J connectivity index is 2.05. The van der Waals surface area contributed by atoms with Crippen molar-refractivity contribution in [3.63, 3.8) is 0 Å². The van der Waals surface area contributed by atoms with Crippen molar-refractivity contribution in [2.75, 3.05) is 27.2 Å². The lowest BCUT2D eigenvalue weighted by atomic mass is 10.1. The minimum absolute atomic E-state index is 0.0783. The van der Waals surface area contributed by atoms with Crippen molar-refractivity contribution in [1.82, 2.24) is 24.2 Å². The molecule has 12 heteroatoms. The zero-order chi connectivity index (χ0) is 22.3. The second-order valence-corrected chi connectivity index (χ2v) is 7.42. The highest BCUT2D eigenvalue weighted by Gasteiger charge is 2.39. The van der Waals surface area contributed by atoms with Crippen LogP contribution in [0.4, 0.5) is 22.0 Å². The summed E-state index contributed by atoms with van der Waals surface area (Å²) in [6.45, 7) is 1.10. The summed E-state index contributed by atoms with van der Waals surface area (Å²) in [5, 5.41) is 3.82. The first-order chi connectivity index (χ1) is 13.9. The average Bonchev–Trinajstić information content (AvgIpc) is 3.17. The molecule has 1 aliphatic rings. The van der Waals surface area contributed by atoms with Crippen LogP contribution in [0.1, 0.15) is 30.6 Å². The monoisotopic (exact) mass is 434 g/mol. The predicted octanol–water partition coefficient (Wildman–Crippen LogP) is 2.57. The van der Waals surface area contributed by atoms with Gasteiger partial charge in [0.25, 0.3) is 5.92 Å². The second kappa shape index (κ2) is 7.89. The molecule has 0 saturated carbocycles. The number of rotatable bonds is 6. The van der Waals surface area contributed by atoms with Gasteiger partial charge in [-0.25, -0.2) is 13.6 Å². The van der Waals surface area contributed by atoms with E-state index < -0.39 is 36.1 Å². The summed E-state index contributed by atoms with van der Waals surface area (Å²) < 4.78 is 70.1. The molecule has 0 aliphatic carbocycles. The van der Waals surface area contributed by atoms with E-state index in [-0.39, 0.29) is 30.6 Å². The Morgan fingerprint density at radius 3 is 2.63 bits per heavy atom. The van der Waals surface area contributed by atoms with Gasteiger partial charge in [0.05, 0.1) is 17.6 Å². The fourth-order valence-corrected chi connectivity index (χ4v) is 3.49. The molecule has 0 bridgehead atoms. The Kier molecular flexibility index (Phi) is 5.81. The molecule has 7 nitrogen and oxygen atoms in total. The number of imidazole rings is 1. The van der Waals surface area contributed by atoms with E-state index in [0.717, 1.165) is 16.7 Å². The molecule has 0 radical (unpaired) electrons. The number of halogens is 5. The highest BCUT2D eigenvalue weighted by molar-refractivity contribution is 5.57. The molecule has 0 amide bonds. The molecule has 166 valence electrons. The van der Waals surface area contributed by atoms with Crippen LogP contribution in [0.25, 0.3) is 5.52 Å². The number of nitrogens with zero attached hydrogens (tertiary/aromatic N) is 5. The summed E-state index contributed by atoms with van der Waals surface area (Å²) in [4.78, 5) is 15.8. The van der Waals surface area contributed by atoms with E-state index in [0.29, 0.717) is 0 Å². The molecule has 0 spiro atoms. The number of pyridine rings is 1. The number of hydrogen-bond donors (Lipinski definition) is 1. The Labute approximate surface area is 169 Å². The van der Waals surface area contributed by atoms with Gasteiger partial charge in [-0.3, -0.25) is 13.9 Å². The van der Waals surface area contributed by atoms with E-state index in [1.54, 1.807) is 25.9 Å². The zero-order valence-electron chi connectivity index (χ0n) is 16.7. The third-order valence-electron chi connectivity index (χ3n) is 5.17. The number of aromatic nitrogens is 2. The van der Waals surface area contributed by atoms with E-state index in [1.807, 2.05) is 0 Å². The molecule has 2 aromatic heterocycles. The van der Waals surface area contributed by atoms with Crippen molar-refractivity contribution in [2.45, 2.75) is 38.2 Å². The molecule has 3 heterocycles. The fraction of sp³-hybridized carbons (Fsp3) is 0.556.